The predicted molar refractivity (Wildman–Crippen MR) is 144 cm³/mol. The Morgan fingerprint density at radius 3 is 2.68 bits per heavy atom. The number of fused-ring (bicyclic) bond motifs is 2. The number of hydrogen-bond donors (Lipinski definition) is 1. The molecular formula is C28H28N4O4S. The first-order valence-electron chi connectivity index (χ1n) is 12.2. The molecule has 0 saturated carbocycles. The van der Waals surface area contributed by atoms with Gasteiger partial charge < -0.3 is 9.47 Å². The average Bonchev–Trinajstić information content (AvgIpc) is 3.39. The number of esters is 1. The van der Waals surface area contributed by atoms with Crippen molar-refractivity contribution < 1.29 is 19.1 Å². The first kappa shape index (κ1) is 24.9. The minimum atomic E-state index is -1.01. The third kappa shape index (κ3) is 5.19. The van der Waals surface area contributed by atoms with Gasteiger partial charge in [-0.1, -0.05) is 25.1 Å². The summed E-state index contributed by atoms with van der Waals surface area (Å²) in [6, 6.07) is 15.1. The summed E-state index contributed by atoms with van der Waals surface area (Å²) in [5.41, 5.74) is 4.70. The van der Waals surface area contributed by atoms with Crippen LogP contribution in [0.3, 0.4) is 0 Å². The van der Waals surface area contributed by atoms with Crippen molar-refractivity contribution in [3.05, 3.63) is 70.7 Å². The van der Waals surface area contributed by atoms with Gasteiger partial charge in [-0.15, -0.1) is 11.3 Å². The molecule has 0 aliphatic carbocycles. The summed E-state index contributed by atoms with van der Waals surface area (Å²) in [5.74, 6) is -0.200. The molecule has 3 heterocycles. The number of carbonyl (C=O) groups is 2. The summed E-state index contributed by atoms with van der Waals surface area (Å²) in [6.45, 7) is 6.07. The van der Waals surface area contributed by atoms with Crippen molar-refractivity contribution in [3.63, 3.8) is 0 Å². The highest BCUT2D eigenvalue weighted by atomic mass is 32.1. The molecule has 0 bridgehead atoms. The average molecular weight is 517 g/mol. The van der Waals surface area contributed by atoms with Gasteiger partial charge in [0.1, 0.15) is 5.75 Å². The van der Waals surface area contributed by atoms with E-state index in [1.54, 1.807) is 14.0 Å². The molecular weight excluding hydrogens is 488 g/mol. The van der Waals surface area contributed by atoms with Crippen molar-refractivity contribution >= 4 is 39.2 Å². The fourth-order valence-electron chi connectivity index (χ4n) is 4.45. The van der Waals surface area contributed by atoms with E-state index in [4.69, 9.17) is 14.5 Å². The van der Waals surface area contributed by atoms with Crippen LogP contribution in [-0.2, 0) is 22.5 Å². The number of rotatable bonds is 7. The number of benzene rings is 2. The molecule has 4 aromatic rings. The van der Waals surface area contributed by atoms with Gasteiger partial charge in [0.05, 0.1) is 23.9 Å². The van der Waals surface area contributed by atoms with Crippen LogP contribution in [0.5, 0.6) is 5.75 Å². The van der Waals surface area contributed by atoms with Gasteiger partial charge in [-0.2, -0.15) is 0 Å². The number of anilines is 1. The molecule has 0 radical (unpaired) electrons. The van der Waals surface area contributed by atoms with Crippen molar-refractivity contribution in [2.75, 3.05) is 25.5 Å². The van der Waals surface area contributed by atoms with Crippen molar-refractivity contribution in [3.8, 4) is 17.0 Å². The topological polar surface area (TPSA) is 93.7 Å². The molecule has 1 unspecified atom stereocenters. The second-order valence-electron chi connectivity index (χ2n) is 8.85. The molecule has 1 N–H and O–H groups in total. The number of para-hydroxylation sites is 1. The summed E-state index contributed by atoms with van der Waals surface area (Å²) >= 11 is 1.31. The zero-order valence-electron chi connectivity index (χ0n) is 21.0. The number of aromatic nitrogens is 2. The highest BCUT2D eigenvalue weighted by Gasteiger charge is 2.28. The third-order valence-corrected chi connectivity index (χ3v) is 7.31. The van der Waals surface area contributed by atoms with Crippen LogP contribution in [0, 0.1) is 0 Å². The Balaban J connectivity index is 1.33. The standard InChI is InChI=1S/C28H28N4O4S/c1-4-32-14-13-23-21(15-32)25(20-7-5-6-8-22(20)29-23)27(34)36-17(2)26(33)31-28-30-24(16-37-28)18-9-11-19(35-3)12-10-18/h5-12,16-17H,4,13-15H2,1-3H3,(H,30,31,33). The molecule has 0 fully saturated rings. The van der Waals surface area contributed by atoms with E-state index in [-0.39, 0.29) is 0 Å². The fourth-order valence-corrected chi connectivity index (χ4v) is 5.18. The summed E-state index contributed by atoms with van der Waals surface area (Å²) in [4.78, 5) is 37.9. The maximum absolute atomic E-state index is 13.5. The number of methoxy groups -OCH3 is 1. The van der Waals surface area contributed by atoms with Crippen molar-refractivity contribution in [1.29, 1.82) is 0 Å². The van der Waals surface area contributed by atoms with Crippen LogP contribution in [0.15, 0.2) is 53.9 Å². The molecule has 5 rings (SSSR count). The zero-order chi connectivity index (χ0) is 25.9. The summed E-state index contributed by atoms with van der Waals surface area (Å²) < 4.78 is 10.9. The minimum absolute atomic E-state index is 0.434. The van der Waals surface area contributed by atoms with Gasteiger partial charge in [0, 0.05) is 47.1 Å². The van der Waals surface area contributed by atoms with E-state index in [0.717, 1.165) is 58.7 Å². The fraction of sp³-hybridized carbons (Fsp3) is 0.286. The van der Waals surface area contributed by atoms with Gasteiger partial charge in [-0.25, -0.2) is 9.78 Å². The normalized spacial score (nSPS) is 14.1. The Bertz CT molecular complexity index is 1450. The maximum Gasteiger partial charge on any atom is 0.339 e. The van der Waals surface area contributed by atoms with Gasteiger partial charge in [-0.3, -0.25) is 20.0 Å². The molecule has 0 spiro atoms. The number of thiazole rings is 1. The number of hydrogen-bond acceptors (Lipinski definition) is 8. The molecule has 1 amide bonds. The molecule has 1 atom stereocenters. The van der Waals surface area contributed by atoms with Gasteiger partial charge in [0.2, 0.25) is 0 Å². The number of carbonyl (C=O) groups excluding carboxylic acids is 2. The number of amides is 1. The third-order valence-electron chi connectivity index (χ3n) is 6.55. The van der Waals surface area contributed by atoms with Gasteiger partial charge in [0.15, 0.2) is 11.2 Å². The predicted octanol–water partition coefficient (Wildman–Crippen LogP) is 4.93. The molecule has 37 heavy (non-hydrogen) atoms. The smallest absolute Gasteiger partial charge is 0.339 e. The molecule has 1 aliphatic heterocycles. The molecule has 8 nitrogen and oxygen atoms in total. The van der Waals surface area contributed by atoms with E-state index in [1.165, 1.54) is 11.3 Å². The Hall–Kier alpha value is -3.82. The first-order chi connectivity index (χ1) is 18.0. The highest BCUT2D eigenvalue weighted by molar-refractivity contribution is 7.14. The van der Waals surface area contributed by atoms with Crippen LogP contribution in [0.2, 0.25) is 0 Å². The Labute approximate surface area is 219 Å². The molecule has 2 aromatic heterocycles. The van der Waals surface area contributed by atoms with Gasteiger partial charge in [0.25, 0.3) is 5.91 Å². The lowest BCUT2D eigenvalue weighted by atomic mass is 9.95. The summed E-state index contributed by atoms with van der Waals surface area (Å²) in [6.07, 6.45) is -0.237. The summed E-state index contributed by atoms with van der Waals surface area (Å²) in [5, 5.41) is 5.81. The van der Waals surface area contributed by atoms with Crippen molar-refractivity contribution in [2.45, 2.75) is 32.9 Å². The van der Waals surface area contributed by atoms with E-state index < -0.39 is 18.0 Å². The number of nitrogens with zero attached hydrogens (tertiary/aromatic N) is 3. The number of pyridine rings is 1. The van der Waals surface area contributed by atoms with Crippen LogP contribution in [0.4, 0.5) is 5.13 Å². The van der Waals surface area contributed by atoms with E-state index in [1.807, 2.05) is 53.9 Å². The Morgan fingerprint density at radius 1 is 1.14 bits per heavy atom. The van der Waals surface area contributed by atoms with Crippen LogP contribution in [0.25, 0.3) is 22.2 Å². The quantitative estimate of drug-likeness (QED) is 0.348. The van der Waals surface area contributed by atoms with Crippen LogP contribution < -0.4 is 10.1 Å². The van der Waals surface area contributed by atoms with Crippen LogP contribution >= 0.6 is 11.3 Å². The lowest BCUT2D eigenvalue weighted by molar-refractivity contribution is -0.123. The van der Waals surface area contributed by atoms with Gasteiger partial charge in [-0.05, 0) is 43.8 Å². The Kier molecular flexibility index (Phi) is 7.16. The summed E-state index contributed by atoms with van der Waals surface area (Å²) in [7, 11) is 1.62. The first-order valence-corrected chi connectivity index (χ1v) is 13.1. The van der Waals surface area contributed by atoms with Crippen molar-refractivity contribution in [2.24, 2.45) is 0 Å². The van der Waals surface area contributed by atoms with E-state index >= 15 is 0 Å². The largest absolute Gasteiger partial charge is 0.497 e. The molecule has 190 valence electrons. The second kappa shape index (κ2) is 10.7. The van der Waals surface area contributed by atoms with Crippen LogP contribution in [0.1, 0.15) is 35.5 Å². The SMILES string of the molecule is CCN1CCc2nc3ccccc3c(C(=O)OC(C)C(=O)Nc3nc(-c4ccc(OC)cc4)cs3)c2C1. The monoisotopic (exact) mass is 516 g/mol. The van der Waals surface area contributed by atoms with E-state index in [9.17, 15) is 9.59 Å². The highest BCUT2D eigenvalue weighted by Crippen LogP contribution is 2.30. The second-order valence-corrected chi connectivity index (χ2v) is 9.71. The molecule has 0 saturated heterocycles. The Morgan fingerprint density at radius 2 is 1.92 bits per heavy atom. The van der Waals surface area contributed by atoms with E-state index in [2.05, 4.69) is 22.1 Å². The molecule has 9 heteroatoms. The van der Waals surface area contributed by atoms with Crippen molar-refractivity contribution in [1.82, 2.24) is 14.9 Å². The van der Waals surface area contributed by atoms with Crippen LogP contribution in [-0.4, -0.2) is 53.0 Å². The zero-order valence-corrected chi connectivity index (χ0v) is 21.8. The van der Waals surface area contributed by atoms with E-state index in [0.29, 0.717) is 17.2 Å². The molecule has 2 aromatic carbocycles. The number of ether oxygens (including phenoxy) is 2. The maximum atomic E-state index is 13.5. The lowest BCUT2D eigenvalue weighted by Crippen LogP contribution is -2.34. The minimum Gasteiger partial charge on any atom is -0.497 e. The molecule has 1 aliphatic rings. The number of likely N-dealkylation sites (N-methyl/N-ethyl adjacent to an activating group) is 1. The van der Waals surface area contributed by atoms with Gasteiger partial charge >= 0.3 is 5.97 Å². The number of nitrogens with one attached hydrogen (secondary N) is 1. The lowest BCUT2D eigenvalue weighted by Gasteiger charge is -2.29.